The van der Waals surface area contributed by atoms with Crippen LogP contribution in [0.3, 0.4) is 0 Å². The van der Waals surface area contributed by atoms with Gasteiger partial charge >= 0.3 is 0 Å². The summed E-state index contributed by atoms with van der Waals surface area (Å²) in [6.45, 7) is 0.709. The number of anilines is 1. The SMILES string of the molecule is CNC(=O)c1ccc(NC2CCOC(c3ccccc3)C2)nn1. The molecule has 120 valence electrons. The summed E-state index contributed by atoms with van der Waals surface area (Å²) in [6.07, 6.45) is 1.89. The number of hydrogen-bond donors (Lipinski definition) is 2. The van der Waals surface area contributed by atoms with Crippen molar-refractivity contribution in [2.75, 3.05) is 19.0 Å². The summed E-state index contributed by atoms with van der Waals surface area (Å²) < 4.78 is 5.87. The molecule has 2 unspecified atom stereocenters. The molecule has 1 aliphatic rings. The van der Waals surface area contributed by atoms with Gasteiger partial charge in [-0.1, -0.05) is 30.3 Å². The van der Waals surface area contributed by atoms with Crippen LogP contribution in [0.4, 0.5) is 5.82 Å². The van der Waals surface area contributed by atoms with Crippen molar-refractivity contribution in [2.24, 2.45) is 0 Å². The molecule has 2 atom stereocenters. The third-order valence-electron chi connectivity index (χ3n) is 3.93. The largest absolute Gasteiger partial charge is 0.373 e. The van der Waals surface area contributed by atoms with E-state index in [-0.39, 0.29) is 18.1 Å². The second-order valence-corrected chi connectivity index (χ2v) is 5.52. The molecule has 23 heavy (non-hydrogen) atoms. The number of nitrogens with one attached hydrogen (secondary N) is 2. The van der Waals surface area contributed by atoms with Gasteiger partial charge in [-0.05, 0) is 30.5 Å². The maximum absolute atomic E-state index is 11.5. The lowest BCUT2D eigenvalue weighted by atomic mass is 9.97. The molecule has 1 saturated heterocycles. The Morgan fingerprint density at radius 2 is 2.00 bits per heavy atom. The number of aromatic nitrogens is 2. The summed E-state index contributed by atoms with van der Waals surface area (Å²) in [5.41, 5.74) is 1.51. The lowest BCUT2D eigenvalue weighted by Gasteiger charge is -2.30. The molecule has 0 spiro atoms. The van der Waals surface area contributed by atoms with Crippen molar-refractivity contribution in [2.45, 2.75) is 25.0 Å². The van der Waals surface area contributed by atoms with Gasteiger partial charge in [-0.2, -0.15) is 0 Å². The van der Waals surface area contributed by atoms with Crippen molar-refractivity contribution in [3.63, 3.8) is 0 Å². The van der Waals surface area contributed by atoms with Gasteiger partial charge in [-0.15, -0.1) is 10.2 Å². The van der Waals surface area contributed by atoms with Crippen LogP contribution < -0.4 is 10.6 Å². The first-order valence-corrected chi connectivity index (χ1v) is 7.75. The summed E-state index contributed by atoms with van der Waals surface area (Å²) in [5, 5.41) is 13.9. The number of benzene rings is 1. The Morgan fingerprint density at radius 1 is 1.17 bits per heavy atom. The molecular formula is C17H20N4O2. The van der Waals surface area contributed by atoms with E-state index < -0.39 is 0 Å². The van der Waals surface area contributed by atoms with Crippen LogP contribution in [0.5, 0.6) is 0 Å². The van der Waals surface area contributed by atoms with Gasteiger partial charge in [0.1, 0.15) is 5.82 Å². The van der Waals surface area contributed by atoms with Crippen LogP contribution in [-0.4, -0.2) is 35.8 Å². The fourth-order valence-electron chi connectivity index (χ4n) is 2.70. The molecule has 2 aromatic rings. The highest BCUT2D eigenvalue weighted by Gasteiger charge is 2.24. The summed E-state index contributed by atoms with van der Waals surface area (Å²) in [4.78, 5) is 11.5. The van der Waals surface area contributed by atoms with Crippen LogP contribution >= 0.6 is 0 Å². The zero-order valence-electron chi connectivity index (χ0n) is 13.0. The molecule has 3 rings (SSSR count). The number of carbonyl (C=O) groups excluding carboxylic acids is 1. The third kappa shape index (κ3) is 3.84. The minimum Gasteiger partial charge on any atom is -0.373 e. The summed E-state index contributed by atoms with van der Waals surface area (Å²) in [6, 6.07) is 14.0. The van der Waals surface area contributed by atoms with E-state index in [2.05, 4.69) is 33.0 Å². The first-order chi connectivity index (χ1) is 11.3. The van der Waals surface area contributed by atoms with Crippen LogP contribution in [0.25, 0.3) is 0 Å². The highest BCUT2D eigenvalue weighted by atomic mass is 16.5. The Balaban J connectivity index is 1.62. The fraction of sp³-hybridized carbons (Fsp3) is 0.353. The average Bonchev–Trinajstić information content (AvgIpc) is 2.63. The van der Waals surface area contributed by atoms with Crippen LogP contribution in [0.15, 0.2) is 42.5 Å². The number of ether oxygens (including phenoxy) is 1. The molecule has 1 aromatic heterocycles. The molecule has 0 bridgehead atoms. The molecule has 6 heteroatoms. The third-order valence-corrected chi connectivity index (χ3v) is 3.93. The van der Waals surface area contributed by atoms with E-state index in [4.69, 9.17) is 4.74 Å². The predicted molar refractivity (Wildman–Crippen MR) is 87.2 cm³/mol. The van der Waals surface area contributed by atoms with Gasteiger partial charge in [0.25, 0.3) is 5.91 Å². The highest BCUT2D eigenvalue weighted by molar-refractivity contribution is 5.91. The van der Waals surface area contributed by atoms with Crippen molar-refractivity contribution >= 4 is 11.7 Å². The summed E-state index contributed by atoms with van der Waals surface area (Å²) >= 11 is 0. The minimum atomic E-state index is -0.237. The van der Waals surface area contributed by atoms with E-state index in [0.29, 0.717) is 18.1 Å². The first kappa shape index (κ1) is 15.4. The van der Waals surface area contributed by atoms with Crippen molar-refractivity contribution in [3.05, 3.63) is 53.7 Å². The Hall–Kier alpha value is -2.47. The van der Waals surface area contributed by atoms with Gasteiger partial charge in [0.15, 0.2) is 5.69 Å². The Kier molecular flexibility index (Phi) is 4.83. The predicted octanol–water partition coefficient (Wildman–Crippen LogP) is 2.17. The van der Waals surface area contributed by atoms with E-state index in [9.17, 15) is 4.79 Å². The van der Waals surface area contributed by atoms with Crippen molar-refractivity contribution in [1.82, 2.24) is 15.5 Å². The molecule has 1 aliphatic heterocycles. The van der Waals surface area contributed by atoms with Crippen molar-refractivity contribution in [1.29, 1.82) is 0 Å². The average molecular weight is 312 g/mol. The van der Waals surface area contributed by atoms with Crippen LogP contribution in [-0.2, 0) is 4.74 Å². The molecule has 1 aromatic carbocycles. The molecule has 0 radical (unpaired) electrons. The quantitative estimate of drug-likeness (QED) is 0.905. The molecule has 2 heterocycles. The number of amides is 1. The van der Waals surface area contributed by atoms with Crippen molar-refractivity contribution < 1.29 is 9.53 Å². The normalized spacial score (nSPS) is 20.7. The van der Waals surface area contributed by atoms with E-state index >= 15 is 0 Å². The lowest BCUT2D eigenvalue weighted by Crippen LogP contribution is -2.30. The summed E-state index contributed by atoms with van der Waals surface area (Å²) in [7, 11) is 1.57. The van der Waals surface area contributed by atoms with Gasteiger partial charge in [0, 0.05) is 19.7 Å². The molecular weight excluding hydrogens is 292 g/mol. The summed E-state index contributed by atoms with van der Waals surface area (Å²) in [5.74, 6) is 0.440. The van der Waals surface area contributed by atoms with E-state index in [0.717, 1.165) is 12.8 Å². The van der Waals surface area contributed by atoms with Crippen LogP contribution in [0.2, 0.25) is 0 Å². The smallest absolute Gasteiger partial charge is 0.271 e. The van der Waals surface area contributed by atoms with Gasteiger partial charge in [0.05, 0.1) is 6.10 Å². The van der Waals surface area contributed by atoms with Gasteiger partial charge < -0.3 is 15.4 Å². The first-order valence-electron chi connectivity index (χ1n) is 7.75. The second-order valence-electron chi connectivity index (χ2n) is 5.52. The number of carbonyl (C=O) groups is 1. The molecule has 1 amide bonds. The van der Waals surface area contributed by atoms with Crippen LogP contribution in [0.1, 0.15) is 35.0 Å². The van der Waals surface area contributed by atoms with E-state index in [1.54, 1.807) is 19.2 Å². The maximum Gasteiger partial charge on any atom is 0.271 e. The van der Waals surface area contributed by atoms with Crippen LogP contribution in [0, 0.1) is 0 Å². The lowest BCUT2D eigenvalue weighted by molar-refractivity contribution is 0.00973. The zero-order valence-corrected chi connectivity index (χ0v) is 13.0. The minimum absolute atomic E-state index is 0.0977. The fourth-order valence-corrected chi connectivity index (χ4v) is 2.70. The standard InChI is InChI=1S/C17H20N4O2/c1-18-17(22)14-7-8-16(21-20-14)19-13-9-10-23-15(11-13)12-5-3-2-4-6-12/h2-8,13,15H,9-11H2,1H3,(H,18,22)(H,19,21). The van der Waals surface area contributed by atoms with E-state index in [1.807, 2.05) is 18.2 Å². The Bertz CT molecular complexity index is 645. The topological polar surface area (TPSA) is 76.1 Å². The number of rotatable bonds is 4. The van der Waals surface area contributed by atoms with Gasteiger partial charge in [-0.3, -0.25) is 4.79 Å². The molecule has 0 saturated carbocycles. The Morgan fingerprint density at radius 3 is 2.70 bits per heavy atom. The Labute approximate surface area is 135 Å². The van der Waals surface area contributed by atoms with Gasteiger partial charge in [0.2, 0.25) is 0 Å². The highest BCUT2D eigenvalue weighted by Crippen LogP contribution is 2.29. The molecule has 2 N–H and O–H groups in total. The number of hydrogen-bond acceptors (Lipinski definition) is 5. The van der Waals surface area contributed by atoms with E-state index in [1.165, 1.54) is 5.56 Å². The molecule has 6 nitrogen and oxygen atoms in total. The van der Waals surface area contributed by atoms with Gasteiger partial charge in [-0.25, -0.2) is 0 Å². The molecule has 1 fully saturated rings. The number of nitrogens with zero attached hydrogens (tertiary/aromatic N) is 2. The van der Waals surface area contributed by atoms with Crippen molar-refractivity contribution in [3.8, 4) is 0 Å². The molecule has 0 aliphatic carbocycles. The maximum atomic E-state index is 11.5. The monoisotopic (exact) mass is 312 g/mol. The second kappa shape index (κ2) is 7.19. The zero-order chi connectivity index (χ0) is 16.1.